The first-order valence-corrected chi connectivity index (χ1v) is 9.54. The van der Waals surface area contributed by atoms with Crippen LogP contribution in [0, 0.1) is 12.7 Å². The first-order valence-electron chi connectivity index (χ1n) is 9.54. The summed E-state index contributed by atoms with van der Waals surface area (Å²) in [7, 11) is 0. The zero-order valence-corrected chi connectivity index (χ0v) is 16.9. The molecule has 2 aromatic carbocycles. The molecule has 1 aromatic heterocycles. The number of rotatable bonds is 6. The van der Waals surface area contributed by atoms with Crippen LogP contribution in [-0.4, -0.2) is 27.2 Å². The van der Waals surface area contributed by atoms with E-state index in [0.29, 0.717) is 5.69 Å². The van der Waals surface area contributed by atoms with Crippen molar-refractivity contribution in [2.45, 2.75) is 26.1 Å². The number of amides is 1. The smallest absolute Gasteiger partial charge is 0.396 e. The number of anilines is 1. The van der Waals surface area contributed by atoms with Gasteiger partial charge in [0, 0.05) is 35.5 Å². The minimum Gasteiger partial charge on any atom is -0.396 e. The van der Waals surface area contributed by atoms with Gasteiger partial charge < -0.3 is 10.4 Å². The quantitative estimate of drug-likeness (QED) is 0.564. The van der Waals surface area contributed by atoms with E-state index in [-0.39, 0.29) is 35.7 Å². The van der Waals surface area contributed by atoms with Crippen molar-refractivity contribution in [2.24, 2.45) is 0 Å². The van der Waals surface area contributed by atoms with Gasteiger partial charge in [-0.25, -0.2) is 9.37 Å². The van der Waals surface area contributed by atoms with E-state index < -0.39 is 35.6 Å². The molecule has 3 rings (SSSR count). The van der Waals surface area contributed by atoms with Gasteiger partial charge in [-0.1, -0.05) is 18.2 Å². The summed E-state index contributed by atoms with van der Waals surface area (Å²) in [6.07, 6.45) is -4.58. The summed E-state index contributed by atoms with van der Waals surface area (Å²) in [6.45, 7) is 0.655. The molecule has 0 spiro atoms. The van der Waals surface area contributed by atoms with Gasteiger partial charge in [-0.15, -0.1) is 0 Å². The molecule has 0 fully saturated rings. The fourth-order valence-electron chi connectivity index (χ4n) is 3.21. The van der Waals surface area contributed by atoms with Crippen molar-refractivity contribution in [1.82, 2.24) is 9.55 Å². The van der Waals surface area contributed by atoms with Crippen molar-refractivity contribution in [2.75, 3.05) is 11.9 Å². The molecule has 3 aromatic rings. The largest absolute Gasteiger partial charge is 0.416 e. The van der Waals surface area contributed by atoms with Gasteiger partial charge in [0.25, 0.3) is 5.56 Å². The molecule has 0 atom stereocenters. The summed E-state index contributed by atoms with van der Waals surface area (Å²) in [4.78, 5) is 29.9. The minimum absolute atomic E-state index is 0.00363. The number of aliphatic hydroxyl groups excluding tert-OH is 1. The topological polar surface area (TPSA) is 84.2 Å². The van der Waals surface area contributed by atoms with Gasteiger partial charge in [0.05, 0.1) is 5.56 Å². The van der Waals surface area contributed by atoms with Crippen LogP contribution in [-0.2, 0) is 23.9 Å². The Balaban J connectivity index is 2.00. The highest BCUT2D eigenvalue weighted by atomic mass is 19.4. The summed E-state index contributed by atoms with van der Waals surface area (Å²) >= 11 is 0. The summed E-state index contributed by atoms with van der Waals surface area (Å²) in [6, 6.07) is 9.36. The van der Waals surface area contributed by atoms with Gasteiger partial charge in [0.1, 0.15) is 18.2 Å². The van der Waals surface area contributed by atoms with Crippen molar-refractivity contribution in [3.63, 3.8) is 0 Å². The molecule has 1 heterocycles. The molecule has 0 bridgehead atoms. The van der Waals surface area contributed by atoms with Crippen LogP contribution in [0.15, 0.2) is 53.3 Å². The van der Waals surface area contributed by atoms with Gasteiger partial charge >= 0.3 is 6.18 Å². The number of aromatic nitrogens is 2. The minimum atomic E-state index is -4.58. The summed E-state index contributed by atoms with van der Waals surface area (Å²) in [5, 5.41) is 11.6. The van der Waals surface area contributed by atoms with E-state index in [9.17, 15) is 32.3 Å². The van der Waals surface area contributed by atoms with E-state index in [1.165, 1.54) is 24.3 Å². The summed E-state index contributed by atoms with van der Waals surface area (Å²) < 4.78 is 53.5. The molecule has 0 aliphatic rings. The van der Waals surface area contributed by atoms with Crippen molar-refractivity contribution in [1.29, 1.82) is 0 Å². The molecule has 6 nitrogen and oxygen atoms in total. The van der Waals surface area contributed by atoms with Crippen molar-refractivity contribution >= 4 is 11.6 Å². The standard InChI is InChI=1S/C22H19F4N3O3/c1-13-18(8-9-30)21(32)29(20(27-13)14-4-2-6-16(23)10-14)12-19(31)28-17-7-3-5-15(11-17)22(24,25)26/h2-7,10-11,30H,8-9,12H2,1H3,(H,28,31). The summed E-state index contributed by atoms with van der Waals surface area (Å²) in [5.74, 6) is -1.33. The number of alkyl halides is 3. The molecule has 0 saturated heterocycles. The fraction of sp³-hybridized carbons (Fsp3) is 0.227. The highest BCUT2D eigenvalue weighted by Crippen LogP contribution is 2.30. The van der Waals surface area contributed by atoms with Crippen LogP contribution in [0.4, 0.5) is 23.2 Å². The molecule has 32 heavy (non-hydrogen) atoms. The van der Waals surface area contributed by atoms with E-state index in [1.54, 1.807) is 6.92 Å². The van der Waals surface area contributed by atoms with Gasteiger partial charge in [0.15, 0.2) is 0 Å². The third-order valence-corrected chi connectivity index (χ3v) is 4.69. The van der Waals surface area contributed by atoms with E-state index in [2.05, 4.69) is 10.3 Å². The molecule has 0 saturated carbocycles. The number of hydrogen-bond acceptors (Lipinski definition) is 4. The monoisotopic (exact) mass is 449 g/mol. The van der Waals surface area contributed by atoms with Crippen LogP contribution in [0.25, 0.3) is 11.4 Å². The van der Waals surface area contributed by atoms with Crippen LogP contribution in [0.5, 0.6) is 0 Å². The van der Waals surface area contributed by atoms with Gasteiger partial charge in [-0.3, -0.25) is 14.2 Å². The normalized spacial score (nSPS) is 11.4. The Labute approximate surface area is 180 Å². The van der Waals surface area contributed by atoms with Crippen LogP contribution in [0.3, 0.4) is 0 Å². The molecule has 1 amide bonds. The fourth-order valence-corrected chi connectivity index (χ4v) is 3.21. The molecular formula is C22H19F4N3O3. The molecule has 168 valence electrons. The SMILES string of the molecule is Cc1nc(-c2cccc(F)c2)n(CC(=O)Nc2cccc(C(F)(F)F)c2)c(=O)c1CCO. The van der Waals surface area contributed by atoms with Crippen LogP contribution in [0.2, 0.25) is 0 Å². The zero-order valence-electron chi connectivity index (χ0n) is 16.9. The van der Waals surface area contributed by atoms with E-state index in [1.807, 2.05) is 0 Å². The number of halogens is 4. The maximum absolute atomic E-state index is 13.8. The number of carbonyl (C=O) groups excluding carboxylic acids is 1. The second-order valence-electron chi connectivity index (χ2n) is 7.00. The number of nitrogens with one attached hydrogen (secondary N) is 1. The van der Waals surface area contributed by atoms with Gasteiger partial charge in [-0.05, 0) is 37.3 Å². The Morgan fingerprint density at radius 3 is 2.53 bits per heavy atom. The Kier molecular flexibility index (Phi) is 6.73. The number of nitrogens with zero attached hydrogens (tertiary/aromatic N) is 2. The Hall–Kier alpha value is -3.53. The second-order valence-corrected chi connectivity index (χ2v) is 7.00. The van der Waals surface area contributed by atoms with Gasteiger partial charge in [-0.2, -0.15) is 13.2 Å². The predicted octanol–water partition coefficient (Wildman–Crippen LogP) is 3.55. The lowest BCUT2D eigenvalue weighted by Crippen LogP contribution is -2.33. The molecular weight excluding hydrogens is 430 g/mol. The third kappa shape index (κ3) is 5.20. The number of benzene rings is 2. The Bertz CT molecular complexity index is 1210. The van der Waals surface area contributed by atoms with Gasteiger partial charge in [0.2, 0.25) is 5.91 Å². The van der Waals surface area contributed by atoms with E-state index >= 15 is 0 Å². The predicted molar refractivity (Wildman–Crippen MR) is 109 cm³/mol. The number of aryl methyl sites for hydroxylation is 1. The molecule has 0 aliphatic heterocycles. The lowest BCUT2D eigenvalue weighted by atomic mass is 10.1. The maximum atomic E-state index is 13.8. The molecule has 0 aliphatic carbocycles. The average molecular weight is 449 g/mol. The first-order chi connectivity index (χ1) is 15.1. The average Bonchev–Trinajstić information content (AvgIpc) is 2.72. The van der Waals surface area contributed by atoms with Crippen LogP contribution in [0.1, 0.15) is 16.8 Å². The number of hydrogen-bond donors (Lipinski definition) is 2. The van der Waals surface area contributed by atoms with Crippen molar-refractivity contribution < 1.29 is 27.5 Å². The first kappa shape index (κ1) is 23.1. The lowest BCUT2D eigenvalue weighted by Gasteiger charge is -2.16. The van der Waals surface area contributed by atoms with Crippen molar-refractivity contribution in [3.05, 3.63) is 81.5 Å². The zero-order chi connectivity index (χ0) is 23.5. The lowest BCUT2D eigenvalue weighted by molar-refractivity contribution is -0.137. The molecule has 2 N–H and O–H groups in total. The van der Waals surface area contributed by atoms with Crippen LogP contribution >= 0.6 is 0 Å². The summed E-state index contributed by atoms with van der Waals surface area (Å²) in [5.41, 5.74) is -0.897. The number of aliphatic hydroxyl groups is 1. The Morgan fingerprint density at radius 2 is 1.88 bits per heavy atom. The van der Waals surface area contributed by atoms with E-state index in [0.717, 1.165) is 28.8 Å². The third-order valence-electron chi connectivity index (χ3n) is 4.69. The van der Waals surface area contributed by atoms with E-state index in [4.69, 9.17) is 0 Å². The molecule has 0 radical (unpaired) electrons. The molecule has 10 heteroatoms. The molecule has 0 unspecified atom stereocenters. The Morgan fingerprint density at radius 1 is 1.16 bits per heavy atom. The highest BCUT2D eigenvalue weighted by Gasteiger charge is 2.30. The highest BCUT2D eigenvalue weighted by molar-refractivity contribution is 5.91. The second kappa shape index (κ2) is 9.31. The maximum Gasteiger partial charge on any atom is 0.416 e. The number of carbonyl (C=O) groups is 1. The van der Waals surface area contributed by atoms with Crippen LogP contribution < -0.4 is 10.9 Å². The van der Waals surface area contributed by atoms with Crippen molar-refractivity contribution in [3.8, 4) is 11.4 Å².